The smallest absolute Gasteiger partial charge is 0.342 e. The molecule has 1 atom stereocenters. The quantitative estimate of drug-likeness (QED) is 0.471. The Morgan fingerprint density at radius 2 is 1.69 bits per heavy atom. The van der Waals surface area contributed by atoms with Crippen molar-refractivity contribution in [1.82, 2.24) is 9.78 Å². The maximum absolute atomic E-state index is 12.5. The largest absolute Gasteiger partial charge is 0.451 e. The van der Waals surface area contributed by atoms with E-state index in [2.05, 4.69) is 9.82 Å². The Bertz CT molecular complexity index is 1120. The molecular formula is C20H19N3O5S. The number of Topliss-reactive ketones (excluding diaryl/α,β-unsaturated/α-hetero) is 1. The van der Waals surface area contributed by atoms with Crippen LogP contribution in [0.5, 0.6) is 0 Å². The zero-order valence-corrected chi connectivity index (χ0v) is 16.6. The van der Waals surface area contributed by atoms with Crippen LogP contribution in [-0.4, -0.2) is 42.3 Å². The number of nitrogens with one attached hydrogen (secondary N) is 1. The Morgan fingerprint density at radius 1 is 1.03 bits per heavy atom. The number of hydrogen-bond donors (Lipinski definition) is 1. The van der Waals surface area contributed by atoms with Gasteiger partial charge in [-0.2, -0.15) is 5.10 Å². The first-order valence-electron chi connectivity index (χ1n) is 8.66. The summed E-state index contributed by atoms with van der Waals surface area (Å²) in [5.74, 6) is -1.07. The Labute approximate surface area is 168 Å². The van der Waals surface area contributed by atoms with Gasteiger partial charge in [0.25, 0.3) is 0 Å². The van der Waals surface area contributed by atoms with Crippen LogP contribution in [0.3, 0.4) is 0 Å². The molecule has 0 spiro atoms. The molecule has 1 aromatic heterocycles. The fourth-order valence-corrected chi connectivity index (χ4v) is 3.15. The van der Waals surface area contributed by atoms with Gasteiger partial charge in [0.2, 0.25) is 15.8 Å². The van der Waals surface area contributed by atoms with Gasteiger partial charge in [-0.25, -0.2) is 17.9 Å². The molecule has 1 heterocycles. The number of anilines is 1. The molecule has 9 heteroatoms. The van der Waals surface area contributed by atoms with Gasteiger partial charge in [0, 0.05) is 17.4 Å². The molecule has 2 aromatic carbocycles. The fraction of sp³-hybridized carbons (Fsp3) is 0.150. The molecule has 3 rings (SSSR count). The zero-order chi connectivity index (χ0) is 21.0. The van der Waals surface area contributed by atoms with Crippen molar-refractivity contribution in [2.75, 3.05) is 11.0 Å². The second-order valence-electron chi connectivity index (χ2n) is 6.37. The Kier molecular flexibility index (Phi) is 5.79. The number of sulfonamides is 1. The maximum atomic E-state index is 12.5. The number of nitrogens with zero attached hydrogens (tertiary/aromatic N) is 2. The lowest BCUT2D eigenvalue weighted by Crippen LogP contribution is -2.24. The topological polar surface area (TPSA) is 107 Å². The van der Waals surface area contributed by atoms with Gasteiger partial charge in [-0.1, -0.05) is 18.2 Å². The summed E-state index contributed by atoms with van der Waals surface area (Å²) < 4.78 is 31.6. The molecule has 3 aromatic rings. The monoisotopic (exact) mass is 413 g/mol. The number of benzene rings is 2. The van der Waals surface area contributed by atoms with Crippen LogP contribution in [0.1, 0.15) is 27.6 Å². The number of ketones is 1. The first-order chi connectivity index (χ1) is 13.7. The summed E-state index contributed by atoms with van der Waals surface area (Å²) in [7, 11) is -3.40. The van der Waals surface area contributed by atoms with Crippen LogP contribution in [-0.2, 0) is 14.8 Å². The molecule has 0 amide bonds. The predicted octanol–water partition coefficient (Wildman–Crippen LogP) is 2.67. The molecule has 0 aliphatic rings. The van der Waals surface area contributed by atoms with E-state index in [1.54, 1.807) is 0 Å². The molecule has 0 aliphatic heterocycles. The minimum absolute atomic E-state index is 0.223. The van der Waals surface area contributed by atoms with Crippen LogP contribution >= 0.6 is 0 Å². The van der Waals surface area contributed by atoms with Crippen LogP contribution in [0, 0.1) is 0 Å². The van der Waals surface area contributed by atoms with Crippen LogP contribution < -0.4 is 4.72 Å². The van der Waals surface area contributed by atoms with Crippen molar-refractivity contribution in [3.05, 3.63) is 78.1 Å². The standard InChI is InChI=1S/C20H19N3O5S/c1-14(19(24)15-8-10-17(11-9-15)22-29(2,26)27)28-20(25)16-12-21-23(13-16)18-6-4-3-5-7-18/h3-14,22H,1-2H3/t14-/m1/s1. The Morgan fingerprint density at radius 3 is 2.31 bits per heavy atom. The van der Waals surface area contributed by atoms with E-state index in [-0.39, 0.29) is 5.56 Å². The SMILES string of the molecule is C[C@@H](OC(=O)c1cnn(-c2ccccc2)c1)C(=O)c1ccc(NS(C)(=O)=O)cc1. The summed E-state index contributed by atoms with van der Waals surface area (Å²) in [5, 5.41) is 4.13. The average molecular weight is 413 g/mol. The summed E-state index contributed by atoms with van der Waals surface area (Å²) >= 11 is 0. The molecule has 0 saturated carbocycles. The molecule has 0 bridgehead atoms. The van der Waals surface area contributed by atoms with Crippen molar-refractivity contribution < 1.29 is 22.7 Å². The summed E-state index contributed by atoms with van der Waals surface area (Å²) in [4.78, 5) is 24.8. The zero-order valence-electron chi connectivity index (χ0n) is 15.8. The lowest BCUT2D eigenvalue weighted by molar-refractivity contribution is 0.0319. The van der Waals surface area contributed by atoms with Gasteiger partial charge in [0.15, 0.2) is 6.10 Å². The van der Waals surface area contributed by atoms with E-state index in [4.69, 9.17) is 4.74 Å². The first kappa shape index (κ1) is 20.3. The molecule has 1 N–H and O–H groups in total. The third-order valence-corrected chi connectivity index (χ3v) is 4.57. The lowest BCUT2D eigenvalue weighted by atomic mass is 10.1. The van der Waals surface area contributed by atoms with Gasteiger partial charge in [-0.05, 0) is 43.3 Å². The van der Waals surface area contributed by atoms with Crippen molar-refractivity contribution in [2.24, 2.45) is 0 Å². The van der Waals surface area contributed by atoms with Gasteiger partial charge in [-0.3, -0.25) is 9.52 Å². The highest BCUT2D eigenvalue weighted by atomic mass is 32.2. The number of carbonyl (C=O) groups excluding carboxylic acids is 2. The van der Waals surface area contributed by atoms with Gasteiger partial charge >= 0.3 is 5.97 Å². The summed E-state index contributed by atoms with van der Waals surface area (Å²) in [6.07, 6.45) is 2.92. The highest BCUT2D eigenvalue weighted by Crippen LogP contribution is 2.15. The molecule has 8 nitrogen and oxygen atoms in total. The van der Waals surface area contributed by atoms with E-state index in [9.17, 15) is 18.0 Å². The normalized spacial score (nSPS) is 12.2. The Balaban J connectivity index is 1.65. The minimum Gasteiger partial charge on any atom is -0.451 e. The van der Waals surface area contributed by atoms with E-state index in [0.29, 0.717) is 11.3 Å². The number of carbonyl (C=O) groups is 2. The van der Waals surface area contributed by atoms with E-state index < -0.39 is 27.9 Å². The van der Waals surface area contributed by atoms with Crippen molar-refractivity contribution in [2.45, 2.75) is 13.0 Å². The second kappa shape index (κ2) is 8.27. The highest BCUT2D eigenvalue weighted by molar-refractivity contribution is 7.92. The summed E-state index contributed by atoms with van der Waals surface area (Å²) in [5.41, 5.74) is 1.64. The minimum atomic E-state index is -3.40. The van der Waals surface area contributed by atoms with Crippen LogP contribution in [0.2, 0.25) is 0 Å². The first-order valence-corrected chi connectivity index (χ1v) is 10.6. The van der Waals surface area contributed by atoms with Gasteiger partial charge in [0.05, 0.1) is 23.7 Å². The number of hydrogen-bond acceptors (Lipinski definition) is 6. The van der Waals surface area contributed by atoms with Crippen LogP contribution in [0.25, 0.3) is 5.69 Å². The number of esters is 1. The van der Waals surface area contributed by atoms with Gasteiger partial charge in [-0.15, -0.1) is 0 Å². The van der Waals surface area contributed by atoms with Crippen molar-refractivity contribution in [3.8, 4) is 5.69 Å². The highest BCUT2D eigenvalue weighted by Gasteiger charge is 2.21. The fourth-order valence-electron chi connectivity index (χ4n) is 2.58. The van der Waals surface area contributed by atoms with E-state index in [1.165, 1.54) is 48.3 Å². The number of aromatic nitrogens is 2. The van der Waals surface area contributed by atoms with Crippen LogP contribution in [0.4, 0.5) is 5.69 Å². The van der Waals surface area contributed by atoms with Crippen molar-refractivity contribution in [3.63, 3.8) is 0 Å². The number of rotatable bonds is 7. The van der Waals surface area contributed by atoms with Crippen molar-refractivity contribution in [1.29, 1.82) is 0 Å². The third-order valence-electron chi connectivity index (χ3n) is 3.96. The van der Waals surface area contributed by atoms with E-state index in [0.717, 1.165) is 11.9 Å². The molecule has 29 heavy (non-hydrogen) atoms. The predicted molar refractivity (Wildman–Crippen MR) is 108 cm³/mol. The Hall–Kier alpha value is -3.46. The molecular weight excluding hydrogens is 394 g/mol. The molecule has 0 radical (unpaired) electrons. The molecule has 0 aliphatic carbocycles. The van der Waals surface area contributed by atoms with Crippen molar-refractivity contribution >= 4 is 27.5 Å². The van der Waals surface area contributed by atoms with Gasteiger partial charge in [0.1, 0.15) is 0 Å². The number of para-hydroxylation sites is 1. The number of ether oxygens (including phenoxy) is 1. The average Bonchev–Trinajstić information content (AvgIpc) is 3.18. The summed E-state index contributed by atoms with van der Waals surface area (Å²) in [6.45, 7) is 1.48. The summed E-state index contributed by atoms with van der Waals surface area (Å²) in [6, 6.07) is 15.1. The van der Waals surface area contributed by atoms with Crippen LogP contribution in [0.15, 0.2) is 67.0 Å². The van der Waals surface area contributed by atoms with E-state index in [1.807, 2.05) is 30.3 Å². The second-order valence-corrected chi connectivity index (χ2v) is 8.12. The molecule has 150 valence electrons. The van der Waals surface area contributed by atoms with Gasteiger partial charge < -0.3 is 4.74 Å². The molecule has 0 fully saturated rings. The molecule has 0 saturated heterocycles. The lowest BCUT2D eigenvalue weighted by Gasteiger charge is -2.12. The van der Waals surface area contributed by atoms with E-state index >= 15 is 0 Å². The third kappa shape index (κ3) is 5.29. The molecule has 0 unspecified atom stereocenters. The maximum Gasteiger partial charge on any atom is 0.342 e.